The quantitative estimate of drug-likeness (QED) is 0.653. The Balaban J connectivity index is 1.63. The van der Waals surface area contributed by atoms with Gasteiger partial charge in [0, 0.05) is 10.9 Å². The van der Waals surface area contributed by atoms with Crippen LogP contribution < -0.4 is 0 Å². The van der Waals surface area contributed by atoms with Crippen LogP contribution in [0.2, 0.25) is 5.02 Å². The standard InChI is InChI=1S/C21H24ClN3O2/c1-3-11-21(2)12-10-17(14-6-8-16(22)9-7-14)25(20(21)26)13-18-23-19(24-27-18)15-4-5-15/h3,6-9,15,17H,1,4-5,10-13H2,2H3/t17?,21-/m0/s1. The van der Waals surface area contributed by atoms with Gasteiger partial charge in [0.05, 0.1) is 11.5 Å². The number of hydrogen-bond donors (Lipinski definition) is 0. The first-order chi connectivity index (χ1) is 13.0. The summed E-state index contributed by atoms with van der Waals surface area (Å²) in [6, 6.07) is 7.70. The molecule has 1 amide bonds. The molecule has 1 aromatic carbocycles. The molecule has 1 unspecified atom stereocenters. The fraction of sp³-hybridized carbons (Fsp3) is 0.476. The molecule has 2 heterocycles. The smallest absolute Gasteiger partial charge is 0.246 e. The average molecular weight is 386 g/mol. The summed E-state index contributed by atoms with van der Waals surface area (Å²) < 4.78 is 5.45. The third kappa shape index (κ3) is 3.65. The number of amides is 1. The molecule has 2 aliphatic rings. The highest BCUT2D eigenvalue weighted by molar-refractivity contribution is 6.30. The number of likely N-dealkylation sites (tertiary alicyclic amines) is 1. The van der Waals surface area contributed by atoms with E-state index in [0.29, 0.717) is 29.8 Å². The van der Waals surface area contributed by atoms with Crippen LogP contribution in [0.15, 0.2) is 41.4 Å². The fourth-order valence-corrected chi connectivity index (χ4v) is 4.04. The monoisotopic (exact) mass is 385 g/mol. The number of piperidine rings is 1. The Morgan fingerprint density at radius 1 is 1.33 bits per heavy atom. The molecule has 0 N–H and O–H groups in total. The molecule has 27 heavy (non-hydrogen) atoms. The van der Waals surface area contributed by atoms with Gasteiger partial charge in [0.1, 0.15) is 6.54 Å². The minimum absolute atomic E-state index is 0.0241. The number of rotatable bonds is 6. The van der Waals surface area contributed by atoms with Crippen LogP contribution in [-0.2, 0) is 11.3 Å². The second-order valence-electron chi connectivity index (χ2n) is 7.91. The molecule has 2 fully saturated rings. The Morgan fingerprint density at radius 2 is 2.07 bits per heavy atom. The Kier molecular flexibility index (Phi) is 4.81. The summed E-state index contributed by atoms with van der Waals surface area (Å²) in [5, 5.41) is 4.78. The molecule has 142 valence electrons. The Labute approximate surface area is 164 Å². The first-order valence-corrected chi connectivity index (χ1v) is 9.88. The number of benzene rings is 1. The van der Waals surface area contributed by atoms with Crippen molar-refractivity contribution in [3.63, 3.8) is 0 Å². The molecule has 1 aromatic heterocycles. The molecule has 5 nitrogen and oxygen atoms in total. The van der Waals surface area contributed by atoms with Gasteiger partial charge in [-0.05, 0) is 49.8 Å². The summed E-state index contributed by atoms with van der Waals surface area (Å²) in [4.78, 5) is 19.8. The van der Waals surface area contributed by atoms with Crippen molar-refractivity contribution in [1.29, 1.82) is 0 Å². The molecule has 0 bridgehead atoms. The summed E-state index contributed by atoms with van der Waals surface area (Å²) in [5.41, 5.74) is 0.639. The van der Waals surface area contributed by atoms with Crippen LogP contribution in [0.5, 0.6) is 0 Å². The van der Waals surface area contributed by atoms with Crippen LogP contribution in [0.1, 0.15) is 68.3 Å². The van der Waals surface area contributed by atoms with E-state index in [1.807, 2.05) is 42.2 Å². The lowest BCUT2D eigenvalue weighted by Gasteiger charge is -2.44. The van der Waals surface area contributed by atoms with Crippen LogP contribution in [0.25, 0.3) is 0 Å². The van der Waals surface area contributed by atoms with Crippen molar-refractivity contribution in [2.24, 2.45) is 5.41 Å². The van der Waals surface area contributed by atoms with Gasteiger partial charge >= 0.3 is 0 Å². The zero-order valence-electron chi connectivity index (χ0n) is 15.5. The lowest BCUT2D eigenvalue weighted by molar-refractivity contribution is -0.150. The lowest BCUT2D eigenvalue weighted by atomic mass is 9.75. The number of halogens is 1. The van der Waals surface area contributed by atoms with Gasteiger partial charge in [-0.3, -0.25) is 4.79 Å². The second-order valence-corrected chi connectivity index (χ2v) is 8.35. The summed E-state index contributed by atoms with van der Waals surface area (Å²) >= 11 is 6.05. The molecule has 1 saturated carbocycles. The SMILES string of the molecule is C=CC[C@@]1(C)CCC(c2ccc(Cl)cc2)N(Cc2nc(C3CC3)no2)C1=O. The number of nitrogens with zero attached hydrogens (tertiary/aromatic N) is 3. The summed E-state index contributed by atoms with van der Waals surface area (Å²) in [5.74, 6) is 1.82. The predicted molar refractivity (Wildman–Crippen MR) is 103 cm³/mol. The summed E-state index contributed by atoms with van der Waals surface area (Å²) in [6.07, 6.45) is 6.42. The largest absolute Gasteiger partial charge is 0.337 e. The molecule has 1 saturated heterocycles. The summed E-state index contributed by atoms with van der Waals surface area (Å²) in [6.45, 7) is 6.19. The molecule has 4 rings (SSSR count). The fourth-order valence-electron chi connectivity index (χ4n) is 3.91. The average Bonchev–Trinajstić information content (AvgIpc) is 3.40. The zero-order chi connectivity index (χ0) is 19.0. The third-order valence-corrected chi connectivity index (χ3v) is 5.96. The minimum atomic E-state index is -0.440. The minimum Gasteiger partial charge on any atom is -0.337 e. The van der Waals surface area contributed by atoms with Gasteiger partial charge in [-0.15, -0.1) is 6.58 Å². The van der Waals surface area contributed by atoms with E-state index in [1.165, 1.54) is 0 Å². The van der Waals surface area contributed by atoms with E-state index in [2.05, 4.69) is 16.7 Å². The van der Waals surface area contributed by atoms with E-state index in [0.717, 1.165) is 37.1 Å². The lowest BCUT2D eigenvalue weighted by Crippen LogP contribution is -2.48. The van der Waals surface area contributed by atoms with E-state index in [9.17, 15) is 4.79 Å². The van der Waals surface area contributed by atoms with Gasteiger partial charge in [0.25, 0.3) is 0 Å². The number of allylic oxidation sites excluding steroid dienone is 1. The van der Waals surface area contributed by atoms with E-state index in [-0.39, 0.29) is 11.9 Å². The molecule has 1 aliphatic carbocycles. The van der Waals surface area contributed by atoms with Gasteiger partial charge < -0.3 is 9.42 Å². The first-order valence-electron chi connectivity index (χ1n) is 9.50. The molecular weight excluding hydrogens is 362 g/mol. The molecule has 1 aliphatic heterocycles. The Bertz CT molecular complexity index is 843. The van der Waals surface area contributed by atoms with Crippen molar-refractivity contribution in [2.45, 2.75) is 57.5 Å². The van der Waals surface area contributed by atoms with Crippen molar-refractivity contribution >= 4 is 17.5 Å². The maximum atomic E-state index is 13.4. The number of carbonyl (C=O) groups excluding carboxylic acids is 1. The van der Waals surface area contributed by atoms with E-state index < -0.39 is 5.41 Å². The van der Waals surface area contributed by atoms with Gasteiger partial charge in [-0.2, -0.15) is 4.98 Å². The van der Waals surface area contributed by atoms with Gasteiger partial charge in [0.15, 0.2) is 5.82 Å². The highest BCUT2D eigenvalue weighted by Gasteiger charge is 2.44. The van der Waals surface area contributed by atoms with E-state index in [4.69, 9.17) is 16.1 Å². The molecule has 2 aromatic rings. The second kappa shape index (κ2) is 7.12. The van der Waals surface area contributed by atoms with E-state index >= 15 is 0 Å². The van der Waals surface area contributed by atoms with Crippen LogP contribution >= 0.6 is 11.6 Å². The van der Waals surface area contributed by atoms with Gasteiger partial charge in [-0.1, -0.05) is 41.9 Å². The third-order valence-electron chi connectivity index (χ3n) is 5.70. The van der Waals surface area contributed by atoms with E-state index in [1.54, 1.807) is 0 Å². The van der Waals surface area contributed by atoms with Crippen LogP contribution in [-0.4, -0.2) is 20.9 Å². The normalized spacial score (nSPS) is 25.6. The highest BCUT2D eigenvalue weighted by Crippen LogP contribution is 2.44. The molecule has 0 spiro atoms. The van der Waals surface area contributed by atoms with Crippen molar-refractivity contribution in [1.82, 2.24) is 15.0 Å². The number of carbonyl (C=O) groups is 1. The van der Waals surface area contributed by atoms with Gasteiger partial charge in [0.2, 0.25) is 11.8 Å². The van der Waals surface area contributed by atoms with Crippen molar-refractivity contribution in [3.8, 4) is 0 Å². The maximum Gasteiger partial charge on any atom is 0.246 e. The maximum absolute atomic E-state index is 13.4. The van der Waals surface area contributed by atoms with Crippen molar-refractivity contribution < 1.29 is 9.32 Å². The number of aromatic nitrogens is 2. The van der Waals surface area contributed by atoms with Crippen LogP contribution in [0, 0.1) is 5.41 Å². The van der Waals surface area contributed by atoms with Crippen LogP contribution in [0.3, 0.4) is 0 Å². The van der Waals surface area contributed by atoms with Gasteiger partial charge in [-0.25, -0.2) is 0 Å². The van der Waals surface area contributed by atoms with Crippen molar-refractivity contribution in [2.75, 3.05) is 0 Å². The highest BCUT2D eigenvalue weighted by atomic mass is 35.5. The molecule has 2 atom stereocenters. The number of hydrogen-bond acceptors (Lipinski definition) is 4. The molecule has 0 radical (unpaired) electrons. The Hall–Kier alpha value is -2.14. The molecular formula is C21H24ClN3O2. The summed E-state index contributed by atoms with van der Waals surface area (Å²) in [7, 11) is 0. The molecule has 6 heteroatoms. The predicted octanol–water partition coefficient (Wildman–Crippen LogP) is 5.05. The Morgan fingerprint density at radius 3 is 2.74 bits per heavy atom. The van der Waals surface area contributed by atoms with Crippen LogP contribution in [0.4, 0.5) is 0 Å². The topological polar surface area (TPSA) is 59.2 Å². The first kappa shape index (κ1) is 18.2. The van der Waals surface area contributed by atoms with Crippen molar-refractivity contribution in [3.05, 3.63) is 59.2 Å². The zero-order valence-corrected chi connectivity index (χ0v) is 16.3.